The normalized spacial score (nSPS) is 22.7. The monoisotopic (exact) mass is 562 g/mol. The summed E-state index contributed by atoms with van der Waals surface area (Å²) in [6, 6.07) is 24.7. The largest absolute Gasteiger partial charge is 0.351 e. The van der Waals surface area contributed by atoms with Gasteiger partial charge >= 0.3 is 0 Å². The lowest BCUT2D eigenvalue weighted by Gasteiger charge is -2.50. The smallest absolute Gasteiger partial charge is 0.251 e. The molecule has 1 unspecified atom stereocenters. The van der Waals surface area contributed by atoms with Gasteiger partial charge in [-0.1, -0.05) is 60.7 Å². The molecule has 4 aromatic rings. The number of thiazole rings is 1. The van der Waals surface area contributed by atoms with Crippen molar-refractivity contribution in [2.45, 2.75) is 38.0 Å². The van der Waals surface area contributed by atoms with Crippen LogP contribution in [-0.4, -0.2) is 47.9 Å². The number of nitrogens with zero attached hydrogens (tertiary/aromatic N) is 2. The zero-order chi connectivity index (χ0) is 28.0. The third-order valence-corrected chi connectivity index (χ3v) is 9.99. The van der Waals surface area contributed by atoms with Gasteiger partial charge in [0.1, 0.15) is 0 Å². The second-order valence-corrected chi connectivity index (χ2v) is 12.6. The minimum atomic E-state index is -0.580. The molecule has 2 amide bonds. The standard InChI is InChI=1S/C34H34N4O2S/c1-34(20-28-24-8-2-4-10-26(24)30(34)27-11-5-3-9-25(27)28)32(40)37-33-36-29(21-41-33)22-12-14-23(15-13-22)31(39)35-16-19-38-17-6-7-18-38/h2-5,8-15,21,28,30H,6-7,16-20H2,1H3,(H,35,39)(H,36,37,40). The second kappa shape index (κ2) is 10.5. The predicted molar refractivity (Wildman–Crippen MR) is 163 cm³/mol. The van der Waals surface area contributed by atoms with Crippen LogP contribution < -0.4 is 10.6 Å². The van der Waals surface area contributed by atoms with Gasteiger partial charge in [-0.15, -0.1) is 11.3 Å². The van der Waals surface area contributed by atoms with Gasteiger partial charge in [0.05, 0.1) is 11.1 Å². The van der Waals surface area contributed by atoms with Crippen molar-refractivity contribution in [3.05, 3.63) is 106 Å². The minimum Gasteiger partial charge on any atom is -0.351 e. The van der Waals surface area contributed by atoms with E-state index in [1.807, 2.05) is 29.6 Å². The highest BCUT2D eigenvalue weighted by Gasteiger charge is 2.54. The fourth-order valence-electron chi connectivity index (χ4n) is 7.12. The van der Waals surface area contributed by atoms with Crippen LogP contribution >= 0.6 is 11.3 Å². The first-order valence-electron chi connectivity index (χ1n) is 14.6. The van der Waals surface area contributed by atoms with E-state index in [9.17, 15) is 9.59 Å². The van der Waals surface area contributed by atoms with Crippen molar-refractivity contribution < 1.29 is 9.59 Å². The summed E-state index contributed by atoms with van der Waals surface area (Å²) in [4.78, 5) is 33.7. The molecule has 7 heteroatoms. The molecule has 6 nitrogen and oxygen atoms in total. The van der Waals surface area contributed by atoms with E-state index in [0.717, 1.165) is 37.3 Å². The Morgan fingerprint density at radius 1 is 0.927 bits per heavy atom. The van der Waals surface area contributed by atoms with Crippen LogP contribution in [0.15, 0.2) is 78.2 Å². The van der Waals surface area contributed by atoms with Crippen molar-refractivity contribution in [2.24, 2.45) is 5.41 Å². The topological polar surface area (TPSA) is 74.3 Å². The predicted octanol–water partition coefficient (Wildman–Crippen LogP) is 6.26. The Morgan fingerprint density at radius 2 is 1.56 bits per heavy atom. The molecule has 2 bridgehead atoms. The molecule has 1 aromatic heterocycles. The summed E-state index contributed by atoms with van der Waals surface area (Å²) in [7, 11) is 0. The lowest BCUT2D eigenvalue weighted by Crippen LogP contribution is -2.47. The number of nitrogens with one attached hydrogen (secondary N) is 2. The van der Waals surface area contributed by atoms with E-state index in [0.29, 0.717) is 17.2 Å². The van der Waals surface area contributed by atoms with Gasteiger partial charge in [-0.3, -0.25) is 9.59 Å². The zero-order valence-corrected chi connectivity index (χ0v) is 24.0. The number of rotatable bonds is 7. The molecule has 41 heavy (non-hydrogen) atoms. The van der Waals surface area contributed by atoms with E-state index < -0.39 is 5.41 Å². The van der Waals surface area contributed by atoms with E-state index in [2.05, 4.69) is 71.0 Å². The lowest BCUT2D eigenvalue weighted by atomic mass is 9.52. The van der Waals surface area contributed by atoms with E-state index in [1.54, 1.807) is 0 Å². The Balaban J connectivity index is 1.04. The van der Waals surface area contributed by atoms with Gasteiger partial charge in [0.25, 0.3) is 5.91 Å². The fourth-order valence-corrected chi connectivity index (χ4v) is 7.84. The highest BCUT2D eigenvalue weighted by molar-refractivity contribution is 7.14. The highest BCUT2D eigenvalue weighted by Crippen LogP contribution is 2.61. The molecule has 2 N–H and O–H groups in total. The van der Waals surface area contributed by atoms with Crippen molar-refractivity contribution in [2.75, 3.05) is 31.5 Å². The van der Waals surface area contributed by atoms with Crippen molar-refractivity contribution in [3.63, 3.8) is 0 Å². The number of carbonyl (C=O) groups is 2. The third kappa shape index (κ3) is 4.67. The zero-order valence-electron chi connectivity index (χ0n) is 23.2. The number of likely N-dealkylation sites (tertiary alicyclic amines) is 1. The average molecular weight is 563 g/mol. The van der Waals surface area contributed by atoms with Gasteiger partial charge in [0, 0.05) is 41.4 Å². The number of hydrogen-bond acceptors (Lipinski definition) is 5. The van der Waals surface area contributed by atoms with Gasteiger partial charge in [-0.2, -0.15) is 0 Å². The molecule has 0 radical (unpaired) electrons. The maximum Gasteiger partial charge on any atom is 0.251 e. The van der Waals surface area contributed by atoms with Crippen LogP contribution in [0.1, 0.15) is 70.6 Å². The van der Waals surface area contributed by atoms with Gasteiger partial charge in [-0.05, 0) is 73.7 Å². The van der Waals surface area contributed by atoms with Crippen LogP contribution in [0, 0.1) is 5.41 Å². The molecule has 4 aliphatic rings. The van der Waals surface area contributed by atoms with E-state index in [-0.39, 0.29) is 23.7 Å². The van der Waals surface area contributed by atoms with Gasteiger partial charge < -0.3 is 15.5 Å². The summed E-state index contributed by atoms with van der Waals surface area (Å²) < 4.78 is 0. The Labute approximate surface area is 244 Å². The first-order chi connectivity index (χ1) is 20.0. The van der Waals surface area contributed by atoms with Crippen molar-refractivity contribution in [1.82, 2.24) is 15.2 Å². The minimum absolute atomic E-state index is 0.00775. The van der Waals surface area contributed by atoms with Gasteiger partial charge in [0.15, 0.2) is 5.13 Å². The number of fused-ring (bicyclic) bond motifs is 1. The molecule has 1 atom stereocenters. The fraction of sp³-hybridized carbons (Fsp3) is 0.324. The summed E-state index contributed by atoms with van der Waals surface area (Å²) in [6.07, 6.45) is 3.28. The summed E-state index contributed by atoms with van der Waals surface area (Å²) in [5.41, 5.74) is 6.99. The molecule has 2 heterocycles. The molecule has 3 aromatic carbocycles. The molecular weight excluding hydrogens is 528 g/mol. The first kappa shape index (κ1) is 26.1. The lowest BCUT2D eigenvalue weighted by molar-refractivity contribution is -0.126. The van der Waals surface area contributed by atoms with Crippen molar-refractivity contribution in [3.8, 4) is 11.3 Å². The summed E-state index contributed by atoms with van der Waals surface area (Å²) in [5, 5.41) is 8.75. The molecule has 1 saturated heterocycles. The summed E-state index contributed by atoms with van der Waals surface area (Å²) in [6.45, 7) is 5.92. The Morgan fingerprint density at radius 3 is 2.22 bits per heavy atom. The van der Waals surface area contributed by atoms with Crippen LogP contribution in [0.2, 0.25) is 0 Å². The molecule has 208 valence electrons. The molecule has 1 aliphatic heterocycles. The number of anilines is 1. The average Bonchev–Trinajstić information content (AvgIpc) is 3.70. The number of aromatic nitrogens is 1. The van der Waals surface area contributed by atoms with Crippen molar-refractivity contribution >= 4 is 28.3 Å². The third-order valence-electron chi connectivity index (χ3n) is 9.23. The summed E-state index contributed by atoms with van der Waals surface area (Å²) in [5.74, 6) is 0.179. The Bertz CT molecular complexity index is 1560. The Kier molecular flexibility index (Phi) is 6.72. The molecule has 0 spiro atoms. The van der Waals surface area contributed by atoms with Crippen LogP contribution in [0.4, 0.5) is 5.13 Å². The van der Waals surface area contributed by atoms with Crippen LogP contribution in [0.5, 0.6) is 0 Å². The SMILES string of the molecule is CC1(C(=O)Nc2nc(-c3ccc(C(=O)NCCN4CCCC4)cc3)cs2)CC2c3ccccc3C1c1ccccc12. The molecular formula is C34H34N4O2S. The Hall–Kier alpha value is -3.81. The maximum absolute atomic E-state index is 13.9. The highest BCUT2D eigenvalue weighted by atomic mass is 32.1. The first-order valence-corrected chi connectivity index (χ1v) is 15.4. The van der Waals surface area contributed by atoms with E-state index >= 15 is 0 Å². The van der Waals surface area contributed by atoms with Crippen LogP contribution in [0.3, 0.4) is 0 Å². The number of carbonyl (C=O) groups excluding carboxylic acids is 2. The molecule has 3 aliphatic carbocycles. The van der Waals surface area contributed by atoms with E-state index in [4.69, 9.17) is 4.98 Å². The number of hydrogen-bond donors (Lipinski definition) is 2. The summed E-state index contributed by atoms with van der Waals surface area (Å²) >= 11 is 1.43. The van der Waals surface area contributed by atoms with E-state index in [1.165, 1.54) is 46.4 Å². The quantitative estimate of drug-likeness (QED) is 0.279. The van der Waals surface area contributed by atoms with Crippen LogP contribution in [0.25, 0.3) is 11.3 Å². The number of amides is 2. The molecule has 0 saturated carbocycles. The van der Waals surface area contributed by atoms with Crippen molar-refractivity contribution in [1.29, 1.82) is 0 Å². The number of benzene rings is 3. The molecule has 1 fully saturated rings. The van der Waals surface area contributed by atoms with Gasteiger partial charge in [-0.25, -0.2) is 4.98 Å². The maximum atomic E-state index is 13.9. The van der Waals surface area contributed by atoms with Gasteiger partial charge in [0.2, 0.25) is 5.91 Å². The second-order valence-electron chi connectivity index (χ2n) is 11.7. The molecule has 8 rings (SSSR count). The van der Waals surface area contributed by atoms with Crippen LogP contribution in [-0.2, 0) is 4.79 Å².